The van der Waals surface area contributed by atoms with Crippen molar-refractivity contribution in [3.63, 3.8) is 0 Å². The number of ether oxygens (including phenoxy) is 4. The molecule has 0 aliphatic carbocycles. The molecule has 0 bridgehead atoms. The van der Waals surface area contributed by atoms with E-state index in [1.165, 1.54) is 225 Å². The minimum absolute atomic E-state index is 0.146. The van der Waals surface area contributed by atoms with Crippen LogP contribution in [0.15, 0.2) is 97.2 Å². The topological polar surface area (TPSA) is 111 Å². The molecule has 0 aliphatic rings. The lowest BCUT2D eigenvalue weighted by molar-refractivity contribution is -0.870. The number of allylic oxidation sites excluding steroid dienone is 16. The van der Waals surface area contributed by atoms with E-state index in [0.29, 0.717) is 23.9 Å². The van der Waals surface area contributed by atoms with Crippen molar-refractivity contribution in [1.29, 1.82) is 0 Å². The fourth-order valence-electron chi connectivity index (χ4n) is 10.6. The first-order chi connectivity index (χ1) is 43.6. The molecule has 514 valence electrons. The monoisotopic (exact) mass is 1240 g/mol. The number of rotatable bonds is 69. The highest BCUT2D eigenvalue weighted by Gasteiger charge is 2.22. The highest BCUT2D eigenvalue weighted by molar-refractivity contribution is 5.70. The smallest absolute Gasteiger partial charge is 0.306 e. The maximum atomic E-state index is 13.0. The first-order valence-corrected chi connectivity index (χ1v) is 37.4. The maximum absolute atomic E-state index is 13.0. The van der Waals surface area contributed by atoms with Crippen LogP contribution in [-0.4, -0.2) is 82.3 Å². The highest BCUT2D eigenvalue weighted by atomic mass is 16.7. The van der Waals surface area contributed by atoms with Crippen molar-refractivity contribution in [1.82, 2.24) is 0 Å². The molecule has 9 nitrogen and oxygen atoms in total. The number of likely N-dealkylation sites (N-methyl/N-ethyl adjacent to an activating group) is 1. The number of nitrogens with zero attached hydrogens (tertiary/aromatic N) is 1. The highest BCUT2D eigenvalue weighted by Crippen LogP contribution is 2.18. The Balaban J connectivity index is 4.06. The predicted octanol–water partition coefficient (Wildman–Crippen LogP) is 22.3. The van der Waals surface area contributed by atoms with E-state index in [1.54, 1.807) is 0 Å². The number of hydrogen-bond donors (Lipinski definition) is 0. The lowest BCUT2D eigenvalue weighted by Crippen LogP contribution is -2.44. The van der Waals surface area contributed by atoms with Crippen molar-refractivity contribution in [2.75, 3.05) is 47.5 Å². The van der Waals surface area contributed by atoms with Gasteiger partial charge in [0.1, 0.15) is 13.2 Å². The summed E-state index contributed by atoms with van der Waals surface area (Å²) in [6, 6.07) is 0. The summed E-state index contributed by atoms with van der Waals surface area (Å²) in [7, 11) is 5.94. The number of carboxylic acid groups (broad SMARTS) is 1. The second kappa shape index (κ2) is 70.1. The van der Waals surface area contributed by atoms with Crippen LogP contribution < -0.4 is 5.11 Å². The van der Waals surface area contributed by atoms with Gasteiger partial charge in [0.05, 0.1) is 40.3 Å². The lowest BCUT2D eigenvalue weighted by atomic mass is 10.0. The van der Waals surface area contributed by atoms with Gasteiger partial charge in [-0.05, 0) is 96.3 Å². The van der Waals surface area contributed by atoms with E-state index in [0.717, 1.165) is 77.0 Å². The number of hydrogen-bond acceptors (Lipinski definition) is 8. The second-order valence-electron chi connectivity index (χ2n) is 26.2. The van der Waals surface area contributed by atoms with Gasteiger partial charge >= 0.3 is 11.9 Å². The molecule has 2 atom stereocenters. The molecule has 0 amide bonds. The Morgan fingerprint density at radius 3 is 0.955 bits per heavy atom. The molecule has 0 fully saturated rings. The number of carbonyl (C=O) groups excluding carboxylic acids is 3. The van der Waals surface area contributed by atoms with Crippen LogP contribution in [0.5, 0.6) is 0 Å². The molecule has 0 aromatic heterocycles. The van der Waals surface area contributed by atoms with Gasteiger partial charge in [0, 0.05) is 12.8 Å². The van der Waals surface area contributed by atoms with Crippen LogP contribution in [0.1, 0.15) is 335 Å². The van der Waals surface area contributed by atoms with Crippen LogP contribution in [0.25, 0.3) is 0 Å². The molecule has 0 aromatic rings. The molecule has 0 heterocycles. The molecule has 9 heteroatoms. The summed E-state index contributed by atoms with van der Waals surface area (Å²) >= 11 is 0. The minimum atomic E-state index is -1.62. The minimum Gasteiger partial charge on any atom is -0.545 e. The van der Waals surface area contributed by atoms with Crippen molar-refractivity contribution in [2.24, 2.45) is 0 Å². The average molecular weight is 1250 g/mol. The van der Waals surface area contributed by atoms with Gasteiger partial charge in [-0.2, -0.15) is 0 Å². The van der Waals surface area contributed by atoms with Gasteiger partial charge in [0.2, 0.25) is 0 Å². The van der Waals surface area contributed by atoms with E-state index in [2.05, 4.69) is 111 Å². The molecule has 2 unspecified atom stereocenters. The zero-order valence-corrected chi connectivity index (χ0v) is 58.8. The molecule has 0 N–H and O–H groups in total. The van der Waals surface area contributed by atoms with Gasteiger partial charge in [0.15, 0.2) is 12.4 Å². The van der Waals surface area contributed by atoms with Crippen LogP contribution in [0.2, 0.25) is 0 Å². The zero-order valence-electron chi connectivity index (χ0n) is 58.8. The van der Waals surface area contributed by atoms with Crippen LogP contribution >= 0.6 is 0 Å². The van der Waals surface area contributed by atoms with Crippen molar-refractivity contribution in [2.45, 2.75) is 347 Å². The predicted molar refractivity (Wildman–Crippen MR) is 380 cm³/mol. The van der Waals surface area contributed by atoms with Gasteiger partial charge < -0.3 is 33.3 Å². The molecular formula is C80H141NO8. The molecular weight excluding hydrogens is 1100 g/mol. The van der Waals surface area contributed by atoms with Gasteiger partial charge in [-0.25, -0.2) is 0 Å². The third-order valence-electron chi connectivity index (χ3n) is 16.3. The first kappa shape index (κ1) is 85.2. The fraction of sp³-hybridized carbons (Fsp3) is 0.762. The number of carbonyl (C=O) groups is 3. The van der Waals surface area contributed by atoms with Gasteiger partial charge in [-0.3, -0.25) is 9.59 Å². The SMILES string of the molecule is CC/C=C\C/C=C\C/C=C\C/C=C\C/C=C\CCCCCCCCCCCCCCCCCCCC(=O)OC(COC(=O)CCCCCCCCCCCCCCCCCC/C=C\C/C=C\C/C=C\CCCCCCC)COC(OCC[N+](C)(C)C)C(=O)[O-]. The Morgan fingerprint density at radius 2 is 0.640 bits per heavy atom. The van der Waals surface area contributed by atoms with Crippen LogP contribution in [-0.2, 0) is 33.3 Å². The molecule has 0 aromatic carbocycles. The normalized spacial score (nSPS) is 13.2. The maximum Gasteiger partial charge on any atom is 0.306 e. The fourth-order valence-corrected chi connectivity index (χ4v) is 10.6. The Hall–Kier alpha value is -3.79. The third kappa shape index (κ3) is 71.5. The number of unbranched alkanes of at least 4 members (excludes halogenated alkanes) is 38. The summed E-state index contributed by atoms with van der Waals surface area (Å²) in [6.07, 6.45) is 93.6. The van der Waals surface area contributed by atoms with E-state index in [9.17, 15) is 19.5 Å². The molecule has 89 heavy (non-hydrogen) atoms. The Morgan fingerprint density at radius 1 is 0.348 bits per heavy atom. The molecule has 0 rings (SSSR count). The van der Waals surface area contributed by atoms with E-state index < -0.39 is 24.3 Å². The third-order valence-corrected chi connectivity index (χ3v) is 16.3. The van der Waals surface area contributed by atoms with Gasteiger partial charge in [-0.15, -0.1) is 0 Å². The van der Waals surface area contributed by atoms with Crippen LogP contribution in [0.3, 0.4) is 0 Å². The van der Waals surface area contributed by atoms with Crippen molar-refractivity contribution in [3.8, 4) is 0 Å². The molecule has 0 radical (unpaired) electrons. The standard InChI is InChI=1S/C80H141NO8/c1-6-8-10-12-14-16-18-20-22-24-26-28-30-32-34-36-38-39-41-43-45-47-49-51-53-55-57-59-61-63-65-67-69-71-78(83)89-76(75-88-80(79(84)85)86-73-72-81(3,4)5)74-87-77(82)70-68-66-64-62-60-58-56-54-52-50-48-46-44-42-40-37-35-33-31-29-27-25-23-21-19-17-15-13-11-9-7-2/h8,10,14,16,19-22,25-28,31-34,76,80H,6-7,9,11-13,15,17-18,23-24,29-30,35-75H2,1-5H3/b10-8-,16-14-,21-19-,22-20-,27-25-,28-26-,33-31-,34-32-. The number of carboxylic acids is 1. The van der Waals surface area contributed by atoms with Crippen LogP contribution in [0.4, 0.5) is 0 Å². The van der Waals surface area contributed by atoms with Crippen LogP contribution in [0, 0.1) is 0 Å². The molecule has 0 aliphatic heterocycles. The Bertz CT molecular complexity index is 1790. The largest absolute Gasteiger partial charge is 0.545 e. The summed E-state index contributed by atoms with van der Waals surface area (Å²) < 4.78 is 22.8. The van der Waals surface area contributed by atoms with E-state index in [-0.39, 0.29) is 32.2 Å². The Labute approximate surface area is 550 Å². The van der Waals surface area contributed by atoms with Crippen molar-refractivity contribution >= 4 is 17.9 Å². The number of aliphatic carboxylic acids is 1. The summed E-state index contributed by atoms with van der Waals surface area (Å²) in [6.45, 7) is 4.66. The Kier molecular flexibility index (Phi) is 67.1. The molecule has 0 spiro atoms. The first-order valence-electron chi connectivity index (χ1n) is 37.4. The number of quaternary nitrogens is 1. The van der Waals surface area contributed by atoms with Gasteiger partial charge in [0.25, 0.3) is 0 Å². The number of esters is 2. The molecule has 0 saturated carbocycles. The summed E-state index contributed by atoms with van der Waals surface area (Å²) in [5.74, 6) is -2.27. The zero-order chi connectivity index (χ0) is 64.7. The summed E-state index contributed by atoms with van der Waals surface area (Å²) in [5, 5.41) is 11.8. The van der Waals surface area contributed by atoms with Crippen molar-refractivity contribution in [3.05, 3.63) is 97.2 Å². The summed E-state index contributed by atoms with van der Waals surface area (Å²) in [5.41, 5.74) is 0. The lowest BCUT2D eigenvalue weighted by Gasteiger charge is -2.26. The average Bonchev–Trinajstić information content (AvgIpc) is 3.64. The van der Waals surface area contributed by atoms with Gasteiger partial charge in [-0.1, -0.05) is 323 Å². The van der Waals surface area contributed by atoms with E-state index >= 15 is 0 Å². The van der Waals surface area contributed by atoms with E-state index in [1.807, 2.05) is 21.1 Å². The quantitative estimate of drug-likeness (QED) is 0.0195. The second-order valence-corrected chi connectivity index (χ2v) is 26.2. The summed E-state index contributed by atoms with van der Waals surface area (Å²) in [4.78, 5) is 37.6. The van der Waals surface area contributed by atoms with E-state index in [4.69, 9.17) is 18.9 Å². The van der Waals surface area contributed by atoms with Crippen molar-refractivity contribution < 1.29 is 42.9 Å². The molecule has 0 saturated heterocycles.